The minimum Gasteiger partial charge on any atom is -0.444 e. The Bertz CT molecular complexity index is 828. The number of piperidine rings is 1. The van der Waals surface area contributed by atoms with Crippen LogP contribution in [0.25, 0.3) is 11.2 Å². The molecule has 1 amide bonds. The number of ether oxygens (including phenoxy) is 2. The van der Waals surface area contributed by atoms with E-state index >= 15 is 0 Å². The van der Waals surface area contributed by atoms with Crippen LogP contribution < -0.4 is 0 Å². The maximum absolute atomic E-state index is 12.3. The standard InChI is InChI=1S/C21H30N4O3/c1-21(2,3)28-20(26)25-9-5-15(6-10-25)16-4-8-22-19-18(16)23-17(24-19)12-14-7-11-27-13-14/h4,8,14-15H,5-7,9-13H2,1-3H3,(H,22,23,24)/t14-/m0/s1. The number of hydrogen-bond acceptors (Lipinski definition) is 5. The van der Waals surface area contributed by atoms with E-state index in [2.05, 4.69) is 16.0 Å². The van der Waals surface area contributed by atoms with Crippen molar-refractivity contribution in [2.45, 2.75) is 58.0 Å². The molecule has 0 radical (unpaired) electrons. The number of fused-ring (bicyclic) bond motifs is 1. The number of aromatic nitrogens is 3. The lowest BCUT2D eigenvalue weighted by Gasteiger charge is -2.33. The predicted octanol–water partition coefficient (Wildman–Crippen LogP) is 3.65. The number of rotatable bonds is 3. The zero-order valence-corrected chi connectivity index (χ0v) is 17.0. The minimum atomic E-state index is -0.456. The third-order valence-corrected chi connectivity index (χ3v) is 5.57. The Morgan fingerprint density at radius 1 is 1.32 bits per heavy atom. The highest BCUT2D eigenvalue weighted by molar-refractivity contribution is 5.75. The molecule has 0 bridgehead atoms. The Hall–Kier alpha value is -2.15. The molecule has 7 nitrogen and oxygen atoms in total. The van der Waals surface area contributed by atoms with Crippen LogP contribution in [0.15, 0.2) is 12.3 Å². The summed E-state index contributed by atoms with van der Waals surface area (Å²) in [5.41, 5.74) is 2.64. The third kappa shape index (κ3) is 4.29. The van der Waals surface area contributed by atoms with E-state index in [4.69, 9.17) is 14.5 Å². The molecule has 2 saturated heterocycles. The number of carbonyl (C=O) groups excluding carboxylic acids is 1. The molecule has 2 aliphatic rings. The van der Waals surface area contributed by atoms with E-state index < -0.39 is 5.60 Å². The van der Waals surface area contributed by atoms with Crippen LogP contribution >= 0.6 is 0 Å². The molecule has 2 fully saturated rings. The molecule has 2 aliphatic heterocycles. The van der Waals surface area contributed by atoms with Crippen LogP contribution in [-0.2, 0) is 15.9 Å². The van der Waals surface area contributed by atoms with Gasteiger partial charge >= 0.3 is 6.09 Å². The highest BCUT2D eigenvalue weighted by atomic mass is 16.6. The van der Waals surface area contributed by atoms with Gasteiger partial charge < -0.3 is 19.4 Å². The topological polar surface area (TPSA) is 80.3 Å². The van der Waals surface area contributed by atoms with Gasteiger partial charge in [0, 0.05) is 38.9 Å². The summed E-state index contributed by atoms with van der Waals surface area (Å²) in [5, 5.41) is 0. The van der Waals surface area contributed by atoms with E-state index in [-0.39, 0.29) is 6.09 Å². The molecule has 7 heteroatoms. The number of nitrogens with zero attached hydrogens (tertiary/aromatic N) is 3. The second-order valence-electron chi connectivity index (χ2n) is 8.96. The highest BCUT2D eigenvalue weighted by Crippen LogP contribution is 2.32. The number of nitrogens with one attached hydrogen (secondary N) is 1. The first kappa shape index (κ1) is 19.2. The van der Waals surface area contributed by atoms with Crippen molar-refractivity contribution >= 4 is 17.3 Å². The van der Waals surface area contributed by atoms with Crippen LogP contribution in [0.4, 0.5) is 4.79 Å². The summed E-state index contributed by atoms with van der Waals surface area (Å²) in [7, 11) is 0. The number of pyridine rings is 1. The fraction of sp³-hybridized carbons (Fsp3) is 0.667. The van der Waals surface area contributed by atoms with Crippen LogP contribution in [0.1, 0.15) is 57.3 Å². The SMILES string of the molecule is CC(C)(C)OC(=O)N1CCC(c2ccnc3nc(C[C@@H]4CCOC4)[nH]c23)CC1. The van der Waals surface area contributed by atoms with Gasteiger partial charge in [0.1, 0.15) is 11.4 Å². The molecule has 4 rings (SSSR count). The number of carbonyl (C=O) groups is 1. The minimum absolute atomic E-state index is 0.214. The van der Waals surface area contributed by atoms with Crippen molar-refractivity contribution in [1.82, 2.24) is 19.9 Å². The van der Waals surface area contributed by atoms with Gasteiger partial charge in [0.05, 0.1) is 5.52 Å². The summed E-state index contributed by atoms with van der Waals surface area (Å²) in [6, 6.07) is 2.09. The summed E-state index contributed by atoms with van der Waals surface area (Å²) < 4.78 is 11.0. The van der Waals surface area contributed by atoms with Crippen molar-refractivity contribution in [1.29, 1.82) is 0 Å². The lowest BCUT2D eigenvalue weighted by atomic mass is 9.89. The molecular weight excluding hydrogens is 356 g/mol. The molecule has 0 saturated carbocycles. The molecule has 2 aromatic rings. The fourth-order valence-corrected chi connectivity index (χ4v) is 4.13. The Labute approximate surface area is 165 Å². The first-order valence-electron chi connectivity index (χ1n) is 10.3. The van der Waals surface area contributed by atoms with E-state index in [1.165, 1.54) is 5.56 Å². The molecule has 0 aliphatic carbocycles. The van der Waals surface area contributed by atoms with E-state index in [0.717, 1.165) is 55.9 Å². The van der Waals surface area contributed by atoms with E-state index in [1.54, 1.807) is 0 Å². The largest absolute Gasteiger partial charge is 0.444 e. The number of amides is 1. The maximum atomic E-state index is 12.3. The summed E-state index contributed by atoms with van der Waals surface area (Å²) in [6.45, 7) is 8.80. The molecule has 28 heavy (non-hydrogen) atoms. The number of aromatic amines is 1. The molecule has 0 aromatic carbocycles. The fourth-order valence-electron chi connectivity index (χ4n) is 4.13. The Morgan fingerprint density at radius 3 is 2.79 bits per heavy atom. The third-order valence-electron chi connectivity index (χ3n) is 5.57. The van der Waals surface area contributed by atoms with Crippen LogP contribution in [0, 0.1) is 5.92 Å². The lowest BCUT2D eigenvalue weighted by Crippen LogP contribution is -2.41. The zero-order valence-electron chi connectivity index (χ0n) is 17.0. The molecule has 1 atom stereocenters. The van der Waals surface area contributed by atoms with E-state index in [1.807, 2.05) is 31.9 Å². The Kier molecular flexibility index (Phi) is 5.27. The first-order valence-corrected chi connectivity index (χ1v) is 10.3. The van der Waals surface area contributed by atoms with Crippen molar-refractivity contribution in [3.05, 3.63) is 23.7 Å². The van der Waals surface area contributed by atoms with Gasteiger partial charge in [-0.05, 0) is 63.5 Å². The first-order chi connectivity index (χ1) is 13.4. The van der Waals surface area contributed by atoms with Gasteiger partial charge in [-0.15, -0.1) is 0 Å². The highest BCUT2D eigenvalue weighted by Gasteiger charge is 2.29. The Morgan fingerprint density at radius 2 is 2.11 bits per heavy atom. The normalized spacial score (nSPS) is 21.4. The summed E-state index contributed by atoms with van der Waals surface area (Å²) >= 11 is 0. The number of imidazole rings is 1. The van der Waals surface area contributed by atoms with Crippen LogP contribution in [0.5, 0.6) is 0 Å². The molecule has 0 unspecified atom stereocenters. The van der Waals surface area contributed by atoms with Crippen molar-refractivity contribution < 1.29 is 14.3 Å². The average Bonchev–Trinajstić information content (AvgIpc) is 3.29. The molecule has 2 aromatic heterocycles. The second kappa shape index (κ2) is 7.70. The molecule has 1 N–H and O–H groups in total. The predicted molar refractivity (Wildman–Crippen MR) is 106 cm³/mol. The van der Waals surface area contributed by atoms with Gasteiger partial charge in [0.25, 0.3) is 0 Å². The molecule has 0 spiro atoms. The smallest absolute Gasteiger partial charge is 0.410 e. The van der Waals surface area contributed by atoms with Gasteiger partial charge in [0.2, 0.25) is 0 Å². The maximum Gasteiger partial charge on any atom is 0.410 e. The molecular formula is C21H30N4O3. The lowest BCUT2D eigenvalue weighted by molar-refractivity contribution is 0.0205. The number of hydrogen-bond donors (Lipinski definition) is 1. The quantitative estimate of drug-likeness (QED) is 0.871. The van der Waals surface area contributed by atoms with Crippen LogP contribution in [0.2, 0.25) is 0 Å². The van der Waals surface area contributed by atoms with Gasteiger partial charge in [-0.2, -0.15) is 0 Å². The van der Waals surface area contributed by atoms with Crippen molar-refractivity contribution in [2.24, 2.45) is 5.92 Å². The van der Waals surface area contributed by atoms with E-state index in [0.29, 0.717) is 24.9 Å². The van der Waals surface area contributed by atoms with E-state index in [9.17, 15) is 4.79 Å². The van der Waals surface area contributed by atoms with Crippen molar-refractivity contribution in [3.8, 4) is 0 Å². The average molecular weight is 386 g/mol. The second-order valence-corrected chi connectivity index (χ2v) is 8.96. The van der Waals surface area contributed by atoms with Crippen LogP contribution in [0.3, 0.4) is 0 Å². The van der Waals surface area contributed by atoms with Crippen molar-refractivity contribution in [2.75, 3.05) is 26.3 Å². The van der Waals surface area contributed by atoms with Gasteiger partial charge in [-0.3, -0.25) is 0 Å². The number of H-pyrrole nitrogens is 1. The summed E-state index contributed by atoms with van der Waals surface area (Å²) in [4.78, 5) is 26.8. The molecule has 152 valence electrons. The van der Waals surface area contributed by atoms with Gasteiger partial charge in [-0.25, -0.2) is 14.8 Å². The van der Waals surface area contributed by atoms with Crippen molar-refractivity contribution in [3.63, 3.8) is 0 Å². The van der Waals surface area contributed by atoms with Crippen LogP contribution in [-0.4, -0.2) is 57.8 Å². The number of likely N-dealkylation sites (tertiary alicyclic amines) is 1. The van der Waals surface area contributed by atoms with Gasteiger partial charge in [-0.1, -0.05) is 0 Å². The van der Waals surface area contributed by atoms with Gasteiger partial charge in [0.15, 0.2) is 5.65 Å². The summed E-state index contributed by atoms with van der Waals surface area (Å²) in [5.74, 6) is 1.94. The zero-order chi connectivity index (χ0) is 19.7. The monoisotopic (exact) mass is 386 g/mol. The Balaban J connectivity index is 1.44. The summed E-state index contributed by atoms with van der Waals surface area (Å²) in [6.07, 6.45) is 5.48. The molecule has 4 heterocycles.